The van der Waals surface area contributed by atoms with Crippen LogP contribution in [0.3, 0.4) is 0 Å². The Kier molecular flexibility index (Phi) is 8.82. The number of esters is 1. The van der Waals surface area contributed by atoms with Gasteiger partial charge in [-0.3, -0.25) is 14.5 Å². The van der Waals surface area contributed by atoms with Crippen molar-refractivity contribution >= 4 is 17.6 Å². The second-order valence-electron chi connectivity index (χ2n) is 10.2. The second-order valence-corrected chi connectivity index (χ2v) is 10.2. The van der Waals surface area contributed by atoms with Gasteiger partial charge in [-0.1, -0.05) is 12.1 Å². The molecule has 4 aromatic rings. The summed E-state index contributed by atoms with van der Waals surface area (Å²) in [5.74, 6) is -1.45. The third kappa shape index (κ3) is 6.73. The average Bonchev–Trinajstić information content (AvgIpc) is 3.52. The summed E-state index contributed by atoms with van der Waals surface area (Å²) in [6.45, 7) is 3.33. The van der Waals surface area contributed by atoms with Crippen LogP contribution in [0.15, 0.2) is 80.4 Å². The van der Waals surface area contributed by atoms with Crippen LogP contribution in [0.1, 0.15) is 40.0 Å². The number of carbonyl (C=O) groups excluding carboxylic acids is 1. The van der Waals surface area contributed by atoms with Gasteiger partial charge >= 0.3 is 11.9 Å². The van der Waals surface area contributed by atoms with Gasteiger partial charge in [0.05, 0.1) is 38.7 Å². The molecule has 2 N–H and O–H groups in total. The summed E-state index contributed by atoms with van der Waals surface area (Å²) >= 11 is 0. The summed E-state index contributed by atoms with van der Waals surface area (Å²) in [7, 11) is 2.88. The van der Waals surface area contributed by atoms with Gasteiger partial charge in [0.25, 0.3) is 0 Å². The van der Waals surface area contributed by atoms with E-state index in [-0.39, 0.29) is 23.5 Å². The lowest BCUT2D eigenvalue weighted by molar-refractivity contribution is -0.141. The number of methoxy groups -OCH3 is 2. The molecular formula is C32H32N2O9. The fourth-order valence-corrected chi connectivity index (χ4v) is 5.09. The van der Waals surface area contributed by atoms with Crippen LogP contribution in [0.5, 0.6) is 11.5 Å². The highest BCUT2D eigenvalue weighted by atomic mass is 16.5. The number of nitrogens with zero attached hydrogens (tertiary/aromatic N) is 2. The molecule has 2 aromatic carbocycles. The quantitative estimate of drug-likeness (QED) is 0.256. The molecule has 0 aliphatic carbocycles. The minimum atomic E-state index is -1.05. The third-order valence-electron chi connectivity index (χ3n) is 7.49. The van der Waals surface area contributed by atoms with Crippen molar-refractivity contribution in [2.45, 2.75) is 18.9 Å². The van der Waals surface area contributed by atoms with Crippen molar-refractivity contribution in [1.29, 1.82) is 0 Å². The summed E-state index contributed by atoms with van der Waals surface area (Å²) in [5.41, 5.74) is 1.21. The van der Waals surface area contributed by atoms with E-state index in [0.29, 0.717) is 23.6 Å². The van der Waals surface area contributed by atoms with Crippen molar-refractivity contribution < 1.29 is 38.1 Å². The number of anilines is 1. The zero-order chi connectivity index (χ0) is 30.5. The maximum atomic E-state index is 12.9. The highest BCUT2D eigenvalue weighted by molar-refractivity contribution is 5.88. The molecule has 0 unspecified atom stereocenters. The molecule has 0 spiro atoms. The first-order valence-electron chi connectivity index (χ1n) is 13.7. The van der Waals surface area contributed by atoms with E-state index in [2.05, 4.69) is 9.80 Å². The maximum Gasteiger partial charge on any atom is 0.335 e. The topological polar surface area (TPSA) is 143 Å². The first-order chi connectivity index (χ1) is 20.7. The highest BCUT2D eigenvalue weighted by Crippen LogP contribution is 2.36. The van der Waals surface area contributed by atoms with Crippen LogP contribution in [0.4, 0.5) is 5.69 Å². The van der Waals surface area contributed by atoms with Gasteiger partial charge in [0.15, 0.2) is 5.76 Å². The van der Waals surface area contributed by atoms with Crippen LogP contribution in [-0.4, -0.2) is 67.5 Å². The van der Waals surface area contributed by atoms with E-state index in [0.717, 1.165) is 37.6 Å². The Bertz CT molecular complexity index is 1630. The molecule has 11 heteroatoms. The minimum absolute atomic E-state index is 0.0908. The van der Waals surface area contributed by atoms with Gasteiger partial charge in [-0.15, -0.1) is 0 Å². The Labute approximate surface area is 247 Å². The van der Waals surface area contributed by atoms with E-state index >= 15 is 0 Å². The Morgan fingerprint density at radius 2 is 1.63 bits per heavy atom. The summed E-state index contributed by atoms with van der Waals surface area (Å²) < 4.78 is 22.2. The van der Waals surface area contributed by atoms with Crippen LogP contribution < -0.4 is 15.1 Å². The number of carboxylic acid groups (broad SMARTS) is 1. The molecule has 224 valence electrons. The molecule has 0 amide bonds. The fourth-order valence-electron chi connectivity index (χ4n) is 5.09. The van der Waals surface area contributed by atoms with Crippen LogP contribution >= 0.6 is 0 Å². The van der Waals surface area contributed by atoms with Gasteiger partial charge < -0.3 is 33.4 Å². The molecule has 43 heavy (non-hydrogen) atoms. The van der Waals surface area contributed by atoms with Crippen molar-refractivity contribution in [2.75, 3.05) is 45.3 Å². The number of ether oxygens (including phenoxy) is 2. The minimum Gasteiger partial charge on any atom is -0.502 e. The molecule has 1 saturated heterocycles. The number of benzene rings is 2. The van der Waals surface area contributed by atoms with Crippen molar-refractivity contribution in [2.24, 2.45) is 0 Å². The number of furan rings is 1. The standard InChI is InChI=1S/C32H32N2O9/c1-40-23-9-7-22(8-10-23)34-15-13-33(14-16-34)19-24-17-26(35)30(37)31(42-24)25(18-29(36)41-2)28-12-11-27(43-28)20-3-5-21(6-4-20)32(38)39/h3-12,17,25,37H,13-16,18-19H2,1-2H3,(H,38,39)/t25-/m1/s1. The molecule has 1 aliphatic rings. The Balaban J connectivity index is 1.36. The normalized spacial score (nSPS) is 14.3. The van der Waals surface area contributed by atoms with E-state index in [9.17, 15) is 24.6 Å². The van der Waals surface area contributed by atoms with Crippen LogP contribution in [0, 0.1) is 0 Å². The van der Waals surface area contributed by atoms with E-state index in [1.807, 2.05) is 24.3 Å². The first kappa shape index (κ1) is 29.5. The predicted octanol–water partition coefficient (Wildman–Crippen LogP) is 4.33. The van der Waals surface area contributed by atoms with Crippen molar-refractivity contribution in [3.8, 4) is 22.8 Å². The zero-order valence-electron chi connectivity index (χ0n) is 23.8. The van der Waals surface area contributed by atoms with E-state index < -0.39 is 29.0 Å². The lowest BCUT2D eigenvalue weighted by Crippen LogP contribution is -2.46. The smallest absolute Gasteiger partial charge is 0.335 e. The van der Waals surface area contributed by atoms with Crippen molar-refractivity contribution in [3.63, 3.8) is 0 Å². The SMILES string of the molecule is COC(=O)C[C@H](c1ccc(-c2ccc(C(=O)O)cc2)o1)c1oc(CN2CCN(c3ccc(OC)cc3)CC2)cc(=O)c1O. The Hall–Kier alpha value is -5.03. The van der Waals surface area contributed by atoms with Crippen LogP contribution in [0.25, 0.3) is 11.3 Å². The first-order valence-corrected chi connectivity index (χ1v) is 13.7. The number of aromatic carboxylic acids is 1. The average molecular weight is 589 g/mol. The number of carboxylic acids is 1. The number of carbonyl (C=O) groups is 2. The van der Waals surface area contributed by atoms with Crippen molar-refractivity contribution in [1.82, 2.24) is 4.90 Å². The summed E-state index contributed by atoms with van der Waals surface area (Å²) in [6, 6.07) is 18.6. The number of piperazine rings is 1. The molecule has 1 atom stereocenters. The molecule has 1 aliphatic heterocycles. The largest absolute Gasteiger partial charge is 0.502 e. The summed E-state index contributed by atoms with van der Waals surface area (Å²) in [5, 5.41) is 19.9. The third-order valence-corrected chi connectivity index (χ3v) is 7.49. The highest BCUT2D eigenvalue weighted by Gasteiger charge is 2.30. The van der Waals surface area contributed by atoms with Crippen LogP contribution in [-0.2, 0) is 16.1 Å². The van der Waals surface area contributed by atoms with Gasteiger partial charge in [-0.05, 0) is 48.5 Å². The number of rotatable bonds is 10. The summed E-state index contributed by atoms with van der Waals surface area (Å²) in [4.78, 5) is 40.9. The second kappa shape index (κ2) is 12.9. The fraction of sp³-hybridized carbons (Fsp3) is 0.281. The monoisotopic (exact) mass is 588 g/mol. The molecule has 0 bridgehead atoms. The van der Waals surface area contributed by atoms with Crippen molar-refractivity contribution in [3.05, 3.63) is 99.8 Å². The lowest BCUT2D eigenvalue weighted by atomic mass is 9.98. The number of aromatic hydroxyl groups is 1. The molecular weight excluding hydrogens is 556 g/mol. The van der Waals surface area contributed by atoms with Gasteiger partial charge in [0, 0.05) is 43.5 Å². The zero-order valence-corrected chi connectivity index (χ0v) is 23.8. The van der Waals surface area contributed by atoms with E-state index in [1.165, 1.54) is 25.3 Å². The van der Waals surface area contributed by atoms with Gasteiger partial charge in [0.2, 0.25) is 11.2 Å². The van der Waals surface area contributed by atoms with E-state index in [4.69, 9.17) is 18.3 Å². The number of hydrogen-bond donors (Lipinski definition) is 2. The molecule has 3 heterocycles. The molecule has 11 nitrogen and oxygen atoms in total. The summed E-state index contributed by atoms with van der Waals surface area (Å²) in [6.07, 6.45) is -0.248. The molecule has 5 rings (SSSR count). The maximum absolute atomic E-state index is 12.9. The Morgan fingerprint density at radius 3 is 2.26 bits per heavy atom. The van der Waals surface area contributed by atoms with Gasteiger partial charge in [0.1, 0.15) is 23.0 Å². The lowest BCUT2D eigenvalue weighted by Gasteiger charge is -2.35. The number of hydrogen-bond acceptors (Lipinski definition) is 10. The van der Waals surface area contributed by atoms with Gasteiger partial charge in [-0.25, -0.2) is 4.79 Å². The molecule has 0 saturated carbocycles. The van der Waals surface area contributed by atoms with Crippen LogP contribution in [0.2, 0.25) is 0 Å². The Morgan fingerprint density at radius 1 is 0.930 bits per heavy atom. The predicted molar refractivity (Wildman–Crippen MR) is 157 cm³/mol. The van der Waals surface area contributed by atoms with Gasteiger partial charge in [-0.2, -0.15) is 0 Å². The molecule has 1 fully saturated rings. The molecule has 0 radical (unpaired) electrons. The molecule has 2 aromatic heterocycles. The van der Waals surface area contributed by atoms with E-state index in [1.54, 1.807) is 31.4 Å².